The molecule has 0 radical (unpaired) electrons. The van der Waals surface area contributed by atoms with Crippen molar-refractivity contribution in [3.05, 3.63) is 29.8 Å². The molecule has 7 nitrogen and oxygen atoms in total. The summed E-state index contributed by atoms with van der Waals surface area (Å²) in [7, 11) is -3.05. The molecule has 1 heterocycles. The maximum Gasteiger partial charge on any atom is 0.214 e. The van der Waals surface area contributed by atoms with Crippen LogP contribution >= 0.6 is 24.0 Å². The number of ether oxygens (including phenoxy) is 1. The topological polar surface area (TPSA) is 83.0 Å². The first-order chi connectivity index (χ1) is 12.1. The minimum atomic E-state index is -3.05. The highest BCUT2D eigenvalue weighted by Gasteiger charge is 2.27. The van der Waals surface area contributed by atoms with Crippen molar-refractivity contribution in [3.8, 4) is 5.75 Å². The number of hydrogen-bond donors (Lipinski definition) is 2. The number of benzene rings is 1. The number of aliphatic imine (C=N–C) groups is 1. The van der Waals surface area contributed by atoms with Crippen molar-refractivity contribution in [1.29, 1.82) is 0 Å². The summed E-state index contributed by atoms with van der Waals surface area (Å²) in [6.07, 6.45) is 0.713. The van der Waals surface area contributed by atoms with Crippen LogP contribution in [-0.2, 0) is 16.6 Å². The maximum absolute atomic E-state index is 11.8. The molecule has 148 valence electrons. The third kappa shape index (κ3) is 6.92. The SMILES string of the molecule is CCNC(=NCc1ccccc1OCC)NCCN1CCCS1(=O)=O.I. The summed E-state index contributed by atoms with van der Waals surface area (Å²) in [6.45, 7) is 7.39. The summed E-state index contributed by atoms with van der Waals surface area (Å²) in [5.74, 6) is 1.77. The molecule has 1 aliphatic rings. The van der Waals surface area contributed by atoms with Crippen LogP contribution in [0.25, 0.3) is 0 Å². The van der Waals surface area contributed by atoms with Crippen molar-refractivity contribution in [2.75, 3.05) is 38.5 Å². The van der Waals surface area contributed by atoms with Crippen LogP contribution in [0.5, 0.6) is 5.75 Å². The fraction of sp³-hybridized carbons (Fsp3) is 0.588. The number of rotatable bonds is 8. The monoisotopic (exact) mass is 496 g/mol. The van der Waals surface area contributed by atoms with Crippen molar-refractivity contribution in [3.63, 3.8) is 0 Å². The van der Waals surface area contributed by atoms with Gasteiger partial charge in [-0.15, -0.1) is 24.0 Å². The molecule has 1 saturated heterocycles. The van der Waals surface area contributed by atoms with E-state index in [9.17, 15) is 8.42 Å². The predicted octanol–water partition coefficient (Wildman–Crippen LogP) is 1.79. The Labute approximate surface area is 173 Å². The Kier molecular flexibility index (Phi) is 10.3. The highest BCUT2D eigenvalue weighted by atomic mass is 127. The standard InChI is InChI=1S/C17H28N4O3S.HI/c1-3-18-17(19-10-12-21-11-7-13-25(21,22)23)20-14-15-8-5-6-9-16(15)24-4-2;/h5-6,8-9H,3-4,7,10-14H2,1-2H3,(H2,18,19,20);1H. The number of hydrogen-bond acceptors (Lipinski definition) is 4. The van der Waals surface area contributed by atoms with Crippen molar-refractivity contribution in [2.24, 2.45) is 4.99 Å². The van der Waals surface area contributed by atoms with Gasteiger partial charge in [-0.2, -0.15) is 0 Å². The molecule has 2 rings (SSSR count). The summed E-state index contributed by atoms with van der Waals surface area (Å²) >= 11 is 0. The van der Waals surface area contributed by atoms with E-state index in [0.717, 1.165) is 17.9 Å². The fourth-order valence-corrected chi connectivity index (χ4v) is 4.21. The van der Waals surface area contributed by atoms with Crippen molar-refractivity contribution in [1.82, 2.24) is 14.9 Å². The normalized spacial score (nSPS) is 16.8. The molecule has 1 aliphatic heterocycles. The van der Waals surface area contributed by atoms with Gasteiger partial charge in [0.1, 0.15) is 5.75 Å². The van der Waals surface area contributed by atoms with Gasteiger partial charge in [0.2, 0.25) is 10.0 Å². The van der Waals surface area contributed by atoms with Crippen LogP contribution in [-0.4, -0.2) is 57.2 Å². The maximum atomic E-state index is 11.8. The zero-order valence-electron chi connectivity index (χ0n) is 15.4. The van der Waals surface area contributed by atoms with Gasteiger partial charge in [0.15, 0.2) is 5.96 Å². The lowest BCUT2D eigenvalue weighted by Crippen LogP contribution is -2.42. The lowest BCUT2D eigenvalue weighted by atomic mass is 10.2. The Hall–Kier alpha value is -1.07. The lowest BCUT2D eigenvalue weighted by molar-refractivity contribution is 0.336. The van der Waals surface area contributed by atoms with Gasteiger partial charge >= 0.3 is 0 Å². The Morgan fingerprint density at radius 2 is 2.04 bits per heavy atom. The van der Waals surface area contributed by atoms with Crippen LogP contribution in [0, 0.1) is 0 Å². The van der Waals surface area contributed by atoms with Gasteiger partial charge in [-0.05, 0) is 26.3 Å². The molecular weight excluding hydrogens is 467 g/mol. The van der Waals surface area contributed by atoms with E-state index in [1.807, 2.05) is 38.1 Å². The Balaban J connectivity index is 0.00000338. The summed E-state index contributed by atoms with van der Waals surface area (Å²) in [5, 5.41) is 6.38. The molecule has 0 atom stereocenters. The lowest BCUT2D eigenvalue weighted by Gasteiger charge is -2.16. The molecule has 0 bridgehead atoms. The summed E-state index contributed by atoms with van der Waals surface area (Å²) in [5.41, 5.74) is 1.02. The average Bonchev–Trinajstić information content (AvgIpc) is 2.92. The third-order valence-electron chi connectivity index (χ3n) is 3.88. The van der Waals surface area contributed by atoms with Crippen molar-refractivity contribution in [2.45, 2.75) is 26.8 Å². The molecule has 0 saturated carbocycles. The Bertz CT molecular complexity index is 682. The first-order valence-corrected chi connectivity index (χ1v) is 10.4. The fourth-order valence-electron chi connectivity index (χ4n) is 2.68. The van der Waals surface area contributed by atoms with Crippen LogP contribution in [0.3, 0.4) is 0 Å². The van der Waals surface area contributed by atoms with Gasteiger partial charge in [0.05, 0.1) is 18.9 Å². The molecule has 9 heteroatoms. The van der Waals surface area contributed by atoms with Gasteiger partial charge in [-0.3, -0.25) is 0 Å². The molecular formula is C17H29IN4O3S. The van der Waals surface area contributed by atoms with Gasteiger partial charge in [-0.1, -0.05) is 18.2 Å². The molecule has 0 unspecified atom stereocenters. The van der Waals surface area contributed by atoms with E-state index < -0.39 is 10.0 Å². The van der Waals surface area contributed by atoms with Gasteiger partial charge in [0, 0.05) is 31.7 Å². The van der Waals surface area contributed by atoms with Gasteiger partial charge in [-0.25, -0.2) is 17.7 Å². The first kappa shape index (κ1) is 23.0. The summed E-state index contributed by atoms with van der Waals surface area (Å²) in [6, 6.07) is 7.84. The minimum absolute atomic E-state index is 0. The molecule has 0 amide bonds. The van der Waals surface area contributed by atoms with Crippen LogP contribution in [0.2, 0.25) is 0 Å². The number of halogens is 1. The molecule has 0 aliphatic carbocycles. The third-order valence-corrected chi connectivity index (χ3v) is 5.84. The Morgan fingerprint density at radius 1 is 1.27 bits per heavy atom. The second-order valence-electron chi connectivity index (χ2n) is 5.73. The summed E-state index contributed by atoms with van der Waals surface area (Å²) in [4.78, 5) is 4.57. The summed E-state index contributed by atoms with van der Waals surface area (Å²) < 4.78 is 30.8. The minimum Gasteiger partial charge on any atom is -0.494 e. The number of nitrogens with one attached hydrogen (secondary N) is 2. The quantitative estimate of drug-likeness (QED) is 0.326. The number of sulfonamides is 1. The molecule has 1 fully saturated rings. The average molecular weight is 496 g/mol. The Morgan fingerprint density at radius 3 is 2.69 bits per heavy atom. The zero-order valence-corrected chi connectivity index (χ0v) is 18.5. The molecule has 26 heavy (non-hydrogen) atoms. The van der Waals surface area contributed by atoms with Crippen molar-refractivity contribution < 1.29 is 13.2 Å². The highest BCUT2D eigenvalue weighted by Crippen LogP contribution is 2.18. The van der Waals surface area contributed by atoms with Crippen LogP contribution < -0.4 is 15.4 Å². The van der Waals surface area contributed by atoms with Crippen LogP contribution in [0.15, 0.2) is 29.3 Å². The number of para-hydroxylation sites is 1. The van der Waals surface area contributed by atoms with Crippen LogP contribution in [0.4, 0.5) is 0 Å². The van der Waals surface area contributed by atoms with Crippen molar-refractivity contribution >= 4 is 40.0 Å². The van der Waals surface area contributed by atoms with Gasteiger partial charge < -0.3 is 15.4 Å². The smallest absolute Gasteiger partial charge is 0.214 e. The van der Waals surface area contributed by atoms with E-state index in [1.165, 1.54) is 4.31 Å². The second kappa shape index (κ2) is 11.6. The van der Waals surface area contributed by atoms with E-state index in [1.54, 1.807) is 0 Å². The largest absolute Gasteiger partial charge is 0.494 e. The van der Waals surface area contributed by atoms with Gasteiger partial charge in [0.25, 0.3) is 0 Å². The molecule has 1 aromatic carbocycles. The van der Waals surface area contributed by atoms with E-state index in [4.69, 9.17) is 4.74 Å². The zero-order chi connectivity index (χ0) is 18.1. The molecule has 1 aromatic rings. The van der Waals surface area contributed by atoms with E-state index >= 15 is 0 Å². The van der Waals surface area contributed by atoms with E-state index in [-0.39, 0.29) is 29.7 Å². The molecule has 0 spiro atoms. The molecule has 2 N–H and O–H groups in total. The first-order valence-electron chi connectivity index (χ1n) is 8.77. The highest BCUT2D eigenvalue weighted by molar-refractivity contribution is 14.0. The molecule has 0 aromatic heterocycles. The van der Waals surface area contributed by atoms with E-state index in [2.05, 4.69) is 15.6 Å². The number of guanidine groups is 1. The number of nitrogens with zero attached hydrogens (tertiary/aromatic N) is 2. The predicted molar refractivity (Wildman–Crippen MR) is 116 cm³/mol. The van der Waals surface area contributed by atoms with Crippen LogP contribution in [0.1, 0.15) is 25.8 Å². The van der Waals surface area contributed by atoms with E-state index in [0.29, 0.717) is 45.2 Å². The second-order valence-corrected chi connectivity index (χ2v) is 7.82.